The van der Waals surface area contributed by atoms with E-state index in [-0.39, 0.29) is 31.2 Å². The summed E-state index contributed by atoms with van der Waals surface area (Å²) in [5, 5.41) is 0. The van der Waals surface area contributed by atoms with Gasteiger partial charge >= 0.3 is 0 Å². The number of carbonyl (C=O) groups excluding carboxylic acids is 1. The molecule has 110 valence electrons. The van der Waals surface area contributed by atoms with Crippen molar-refractivity contribution >= 4 is 17.5 Å². The molecule has 1 fully saturated rings. The molecule has 0 N–H and O–H groups in total. The number of alkyl halides is 1. The van der Waals surface area contributed by atoms with Crippen LogP contribution in [0.3, 0.4) is 0 Å². The Morgan fingerprint density at radius 1 is 1.35 bits per heavy atom. The van der Waals surface area contributed by atoms with Gasteiger partial charge in [-0.3, -0.25) is 4.79 Å². The molecular formula is C13H13ClF3NO2. The summed E-state index contributed by atoms with van der Waals surface area (Å²) >= 11 is 5.69. The van der Waals surface area contributed by atoms with Crippen molar-refractivity contribution in [2.75, 3.05) is 19.0 Å². The third-order valence-electron chi connectivity index (χ3n) is 3.05. The van der Waals surface area contributed by atoms with Crippen molar-refractivity contribution in [1.29, 1.82) is 0 Å². The predicted molar refractivity (Wildman–Crippen MR) is 67.3 cm³/mol. The number of benzene rings is 1. The number of rotatable bonds is 2. The lowest BCUT2D eigenvalue weighted by atomic mass is 10.1. The second kappa shape index (κ2) is 6.01. The van der Waals surface area contributed by atoms with Crippen LogP contribution in [0, 0.1) is 17.5 Å². The van der Waals surface area contributed by atoms with Gasteiger partial charge in [-0.1, -0.05) is 0 Å². The number of carbonyl (C=O) groups is 1. The molecule has 0 aromatic heterocycles. The highest BCUT2D eigenvalue weighted by atomic mass is 35.5. The van der Waals surface area contributed by atoms with Gasteiger partial charge in [0.25, 0.3) is 5.91 Å². The van der Waals surface area contributed by atoms with Crippen LogP contribution in [0.25, 0.3) is 0 Å². The second-order valence-corrected chi connectivity index (χ2v) is 4.96. The molecule has 1 aromatic carbocycles. The van der Waals surface area contributed by atoms with Crippen LogP contribution in [0.5, 0.6) is 0 Å². The Morgan fingerprint density at radius 3 is 2.70 bits per heavy atom. The highest BCUT2D eigenvalue weighted by Crippen LogP contribution is 2.20. The minimum atomic E-state index is -1.65. The SMILES string of the molecule is CC1CN(C(=O)c2ccc(F)c(F)c2F)CC(CCl)O1. The van der Waals surface area contributed by atoms with Gasteiger partial charge in [-0.25, -0.2) is 13.2 Å². The Bertz CT molecular complexity index is 527. The third kappa shape index (κ3) is 2.91. The molecule has 1 heterocycles. The first-order valence-corrected chi connectivity index (χ1v) is 6.61. The standard InChI is InChI=1S/C13H13ClF3NO2/c1-7-5-18(6-8(4-14)20-7)13(19)9-2-3-10(15)12(17)11(9)16/h2-3,7-8H,4-6H2,1H3. The Balaban J connectivity index is 2.25. The summed E-state index contributed by atoms with van der Waals surface area (Å²) in [6, 6.07) is 1.67. The Morgan fingerprint density at radius 2 is 2.05 bits per heavy atom. The van der Waals surface area contributed by atoms with Crippen molar-refractivity contribution in [2.45, 2.75) is 19.1 Å². The monoisotopic (exact) mass is 307 g/mol. The fraction of sp³-hybridized carbons (Fsp3) is 0.462. The zero-order valence-corrected chi connectivity index (χ0v) is 11.5. The van der Waals surface area contributed by atoms with Crippen LogP contribution in [0.4, 0.5) is 13.2 Å². The van der Waals surface area contributed by atoms with E-state index in [1.54, 1.807) is 6.92 Å². The van der Waals surface area contributed by atoms with Gasteiger partial charge in [0, 0.05) is 13.1 Å². The predicted octanol–water partition coefficient (Wildman–Crippen LogP) is 2.57. The van der Waals surface area contributed by atoms with Gasteiger partial charge in [0.2, 0.25) is 0 Å². The summed E-state index contributed by atoms with van der Waals surface area (Å²) in [6.45, 7) is 2.18. The van der Waals surface area contributed by atoms with Crippen LogP contribution in [0.15, 0.2) is 12.1 Å². The molecule has 0 spiro atoms. The zero-order valence-electron chi connectivity index (χ0n) is 10.7. The second-order valence-electron chi connectivity index (χ2n) is 4.66. The average molecular weight is 308 g/mol. The summed E-state index contributed by atoms with van der Waals surface area (Å²) in [6.07, 6.45) is -0.623. The van der Waals surface area contributed by atoms with Crippen molar-refractivity contribution < 1.29 is 22.7 Å². The lowest BCUT2D eigenvalue weighted by molar-refractivity contribution is -0.0571. The van der Waals surface area contributed by atoms with E-state index in [0.717, 1.165) is 12.1 Å². The molecule has 1 aliphatic heterocycles. The molecule has 1 aromatic rings. The minimum absolute atomic E-state index is 0.186. The maximum Gasteiger partial charge on any atom is 0.257 e. The van der Waals surface area contributed by atoms with Gasteiger partial charge in [-0.2, -0.15) is 0 Å². The largest absolute Gasteiger partial charge is 0.370 e. The topological polar surface area (TPSA) is 29.5 Å². The molecule has 20 heavy (non-hydrogen) atoms. The van der Waals surface area contributed by atoms with Crippen LogP contribution >= 0.6 is 11.6 Å². The summed E-state index contributed by atoms with van der Waals surface area (Å²) in [5.41, 5.74) is -0.494. The van der Waals surface area contributed by atoms with E-state index in [1.165, 1.54) is 4.90 Å². The normalized spacial score (nSPS) is 22.9. The van der Waals surface area contributed by atoms with Crippen LogP contribution in [-0.2, 0) is 4.74 Å². The van der Waals surface area contributed by atoms with E-state index < -0.39 is 28.9 Å². The lowest BCUT2D eigenvalue weighted by Crippen LogP contribution is -2.50. The first-order valence-electron chi connectivity index (χ1n) is 6.08. The minimum Gasteiger partial charge on any atom is -0.370 e. The number of ether oxygens (including phenoxy) is 1. The van der Waals surface area contributed by atoms with Crippen LogP contribution in [0.1, 0.15) is 17.3 Å². The number of hydrogen-bond acceptors (Lipinski definition) is 2. The molecule has 2 unspecified atom stereocenters. The van der Waals surface area contributed by atoms with E-state index in [1.807, 2.05) is 0 Å². The first kappa shape index (κ1) is 15.1. The molecule has 3 nitrogen and oxygen atoms in total. The van der Waals surface area contributed by atoms with E-state index in [0.29, 0.717) is 0 Å². The Kier molecular flexibility index (Phi) is 4.55. The molecule has 0 saturated carbocycles. The molecule has 0 radical (unpaired) electrons. The number of halogens is 4. The number of nitrogens with zero attached hydrogens (tertiary/aromatic N) is 1. The molecule has 7 heteroatoms. The molecular weight excluding hydrogens is 295 g/mol. The Labute approximate surface area is 119 Å². The van der Waals surface area contributed by atoms with E-state index >= 15 is 0 Å². The zero-order chi connectivity index (χ0) is 14.9. The summed E-state index contributed by atoms with van der Waals surface area (Å²) < 4.78 is 45.1. The fourth-order valence-corrected chi connectivity index (χ4v) is 2.33. The molecule has 1 saturated heterocycles. The fourth-order valence-electron chi connectivity index (χ4n) is 2.16. The van der Waals surface area contributed by atoms with Crippen molar-refractivity contribution in [3.8, 4) is 0 Å². The van der Waals surface area contributed by atoms with Crippen molar-refractivity contribution in [3.05, 3.63) is 35.1 Å². The molecule has 2 rings (SSSR count). The Hall–Kier alpha value is -1.27. The average Bonchev–Trinajstić information content (AvgIpc) is 2.43. The van der Waals surface area contributed by atoms with Crippen molar-refractivity contribution in [2.24, 2.45) is 0 Å². The van der Waals surface area contributed by atoms with E-state index in [4.69, 9.17) is 16.3 Å². The quantitative estimate of drug-likeness (QED) is 0.621. The van der Waals surface area contributed by atoms with Crippen LogP contribution in [-0.4, -0.2) is 42.0 Å². The van der Waals surface area contributed by atoms with Crippen LogP contribution < -0.4 is 0 Å². The molecule has 1 amide bonds. The van der Waals surface area contributed by atoms with Crippen LogP contribution in [0.2, 0.25) is 0 Å². The number of morpholine rings is 1. The van der Waals surface area contributed by atoms with E-state index in [9.17, 15) is 18.0 Å². The van der Waals surface area contributed by atoms with E-state index in [2.05, 4.69) is 0 Å². The maximum absolute atomic E-state index is 13.6. The van der Waals surface area contributed by atoms with Gasteiger partial charge < -0.3 is 9.64 Å². The van der Waals surface area contributed by atoms with Crippen molar-refractivity contribution in [3.63, 3.8) is 0 Å². The molecule has 1 aliphatic rings. The smallest absolute Gasteiger partial charge is 0.257 e. The van der Waals surface area contributed by atoms with Crippen molar-refractivity contribution in [1.82, 2.24) is 4.90 Å². The van der Waals surface area contributed by atoms with Gasteiger partial charge in [-0.05, 0) is 19.1 Å². The number of hydrogen-bond donors (Lipinski definition) is 0. The highest BCUT2D eigenvalue weighted by molar-refractivity contribution is 6.18. The summed E-state index contributed by atoms with van der Waals surface area (Å²) in [5.74, 6) is -4.96. The lowest BCUT2D eigenvalue weighted by Gasteiger charge is -2.36. The van der Waals surface area contributed by atoms with Gasteiger partial charge in [0.05, 0.1) is 23.7 Å². The molecule has 2 atom stereocenters. The number of amides is 1. The molecule has 0 bridgehead atoms. The summed E-state index contributed by atoms with van der Waals surface area (Å²) in [7, 11) is 0. The highest BCUT2D eigenvalue weighted by Gasteiger charge is 2.30. The molecule has 0 aliphatic carbocycles. The summed E-state index contributed by atoms with van der Waals surface area (Å²) in [4.78, 5) is 13.5. The first-order chi connectivity index (χ1) is 9.43. The third-order valence-corrected chi connectivity index (χ3v) is 3.40. The van der Waals surface area contributed by atoms with Gasteiger partial charge in [0.15, 0.2) is 17.5 Å². The maximum atomic E-state index is 13.6. The van der Waals surface area contributed by atoms with Gasteiger partial charge in [-0.15, -0.1) is 11.6 Å². The van der Waals surface area contributed by atoms with Gasteiger partial charge in [0.1, 0.15) is 0 Å².